The minimum absolute atomic E-state index is 0.0648. The van der Waals surface area contributed by atoms with Crippen molar-refractivity contribution in [2.45, 2.75) is 6.04 Å². The summed E-state index contributed by atoms with van der Waals surface area (Å²) in [6.45, 7) is 1.16. The first-order valence-electron chi connectivity index (χ1n) is 5.74. The number of nitrogens with zero attached hydrogens (tertiary/aromatic N) is 3. The Morgan fingerprint density at radius 3 is 3.05 bits per heavy atom. The number of carboxylic acid groups (broad SMARTS) is 1. The highest BCUT2D eigenvalue weighted by molar-refractivity contribution is 6.29. The van der Waals surface area contributed by atoms with Gasteiger partial charge in [-0.05, 0) is 0 Å². The maximum Gasteiger partial charge on any atom is 0.316 e. The molecular weight excluding hydrogens is 274 g/mol. The Balaban J connectivity index is 2.15. The van der Waals surface area contributed by atoms with Gasteiger partial charge in [0.1, 0.15) is 5.92 Å². The molecule has 8 heteroatoms. The van der Waals surface area contributed by atoms with Gasteiger partial charge in [-0.25, -0.2) is 0 Å². The number of fused-ring (bicyclic) bond motifs is 3. The number of halogens is 1. The van der Waals surface area contributed by atoms with Crippen LogP contribution in [0.2, 0.25) is 5.15 Å². The van der Waals surface area contributed by atoms with Crippen LogP contribution in [-0.2, 0) is 9.53 Å². The van der Waals surface area contributed by atoms with Gasteiger partial charge < -0.3 is 14.7 Å². The van der Waals surface area contributed by atoms with Gasteiger partial charge in [-0.1, -0.05) is 11.6 Å². The van der Waals surface area contributed by atoms with E-state index in [1.54, 1.807) is 0 Å². The number of carbonyl (C=O) groups is 2. The summed E-state index contributed by atoms with van der Waals surface area (Å²) in [5, 5.41) is 16.8. The fourth-order valence-electron chi connectivity index (χ4n) is 2.55. The lowest BCUT2D eigenvalue weighted by Crippen LogP contribution is -2.57. The van der Waals surface area contributed by atoms with Crippen LogP contribution in [0.25, 0.3) is 0 Å². The van der Waals surface area contributed by atoms with Gasteiger partial charge in [0.05, 0.1) is 24.9 Å². The summed E-state index contributed by atoms with van der Waals surface area (Å²) in [7, 11) is 0. The molecule has 2 aliphatic rings. The van der Waals surface area contributed by atoms with Crippen molar-refractivity contribution in [1.29, 1.82) is 0 Å². The summed E-state index contributed by atoms with van der Waals surface area (Å²) in [4.78, 5) is 25.4. The number of Topliss-reactive ketones (excluding diaryl/α,β-unsaturated/α-hetero) is 1. The number of morpholine rings is 1. The van der Waals surface area contributed by atoms with Crippen LogP contribution in [0, 0.1) is 5.92 Å². The van der Waals surface area contributed by atoms with Crippen LogP contribution < -0.4 is 4.90 Å². The summed E-state index contributed by atoms with van der Waals surface area (Å²) >= 11 is 5.80. The summed E-state index contributed by atoms with van der Waals surface area (Å²) in [6.07, 6.45) is 0. The van der Waals surface area contributed by atoms with Gasteiger partial charge >= 0.3 is 5.97 Å². The van der Waals surface area contributed by atoms with E-state index in [0.29, 0.717) is 18.8 Å². The molecule has 0 saturated carbocycles. The van der Waals surface area contributed by atoms with Gasteiger partial charge in [0.2, 0.25) is 5.78 Å². The topological polar surface area (TPSA) is 92.6 Å². The minimum Gasteiger partial charge on any atom is -0.481 e. The molecule has 2 atom stereocenters. The predicted octanol–water partition coefficient (Wildman–Crippen LogP) is 0.232. The van der Waals surface area contributed by atoms with Crippen LogP contribution in [0.3, 0.4) is 0 Å². The van der Waals surface area contributed by atoms with Gasteiger partial charge in [0.15, 0.2) is 10.8 Å². The largest absolute Gasteiger partial charge is 0.481 e. The zero-order valence-electron chi connectivity index (χ0n) is 9.74. The molecule has 7 nitrogen and oxygen atoms in total. The van der Waals surface area contributed by atoms with E-state index in [-0.39, 0.29) is 17.5 Å². The van der Waals surface area contributed by atoms with Crippen LogP contribution in [0.15, 0.2) is 6.07 Å². The normalized spacial score (nSPS) is 25.7. The maximum absolute atomic E-state index is 12.2. The highest BCUT2D eigenvalue weighted by Gasteiger charge is 2.47. The summed E-state index contributed by atoms with van der Waals surface area (Å²) in [5.41, 5.74) is 0.603. The number of aromatic nitrogens is 2. The zero-order chi connectivity index (χ0) is 13.6. The van der Waals surface area contributed by atoms with Gasteiger partial charge in [-0.15, -0.1) is 10.2 Å². The Morgan fingerprint density at radius 1 is 1.53 bits per heavy atom. The molecule has 3 heterocycles. The number of carbonyl (C=O) groups excluding carboxylic acids is 1. The summed E-state index contributed by atoms with van der Waals surface area (Å²) < 4.78 is 5.29. The van der Waals surface area contributed by atoms with Gasteiger partial charge in [0, 0.05) is 12.6 Å². The quantitative estimate of drug-likeness (QED) is 0.738. The van der Waals surface area contributed by atoms with Crippen molar-refractivity contribution in [3.63, 3.8) is 0 Å². The lowest BCUT2D eigenvalue weighted by atomic mass is 9.86. The fourth-order valence-corrected chi connectivity index (χ4v) is 2.69. The van der Waals surface area contributed by atoms with Crippen LogP contribution in [0.5, 0.6) is 0 Å². The number of hydrogen-bond donors (Lipinski definition) is 1. The van der Waals surface area contributed by atoms with Gasteiger partial charge in [-0.3, -0.25) is 9.59 Å². The van der Waals surface area contributed by atoms with E-state index in [1.807, 2.05) is 4.90 Å². The average Bonchev–Trinajstić information content (AvgIpc) is 2.38. The smallest absolute Gasteiger partial charge is 0.316 e. The molecule has 2 aliphatic heterocycles. The number of hydrogen-bond acceptors (Lipinski definition) is 6. The van der Waals surface area contributed by atoms with Crippen molar-refractivity contribution < 1.29 is 19.4 Å². The second kappa shape index (κ2) is 4.43. The lowest BCUT2D eigenvalue weighted by Gasteiger charge is -2.43. The van der Waals surface area contributed by atoms with Crippen LogP contribution in [0.1, 0.15) is 10.5 Å². The first-order valence-corrected chi connectivity index (χ1v) is 6.12. The average molecular weight is 284 g/mol. The standard InChI is InChI=1S/C11H10ClN3O4/c12-7-3-5-9(14-13-7)10(16)8(11(17)18)6-4-19-2-1-15(5)6/h3,6,8H,1-2,4H2,(H,17,18). The molecule has 0 aliphatic carbocycles. The molecule has 1 aromatic rings. The third-order valence-electron chi connectivity index (χ3n) is 3.39. The SMILES string of the molecule is O=C(O)C1C(=O)c2nnc(Cl)cc2N2CCOCC12. The van der Waals surface area contributed by atoms with E-state index in [9.17, 15) is 14.7 Å². The molecule has 0 amide bonds. The van der Waals surface area contributed by atoms with Crippen molar-refractivity contribution in [3.8, 4) is 0 Å². The van der Waals surface area contributed by atoms with Gasteiger partial charge in [0.25, 0.3) is 0 Å². The Hall–Kier alpha value is -1.73. The molecule has 2 unspecified atom stereocenters. The first kappa shape index (κ1) is 12.3. The molecule has 0 aromatic carbocycles. The van der Waals surface area contributed by atoms with E-state index in [4.69, 9.17) is 16.3 Å². The summed E-state index contributed by atoms with van der Waals surface area (Å²) in [5.74, 6) is -2.89. The highest BCUT2D eigenvalue weighted by Crippen LogP contribution is 2.35. The van der Waals surface area contributed by atoms with Crippen LogP contribution in [0.4, 0.5) is 5.69 Å². The third-order valence-corrected chi connectivity index (χ3v) is 3.57. The van der Waals surface area contributed by atoms with Crippen molar-refractivity contribution in [1.82, 2.24) is 10.2 Å². The van der Waals surface area contributed by atoms with E-state index >= 15 is 0 Å². The van der Waals surface area contributed by atoms with Crippen molar-refractivity contribution in [3.05, 3.63) is 16.9 Å². The van der Waals surface area contributed by atoms with E-state index in [1.165, 1.54) is 6.07 Å². The number of ether oxygens (including phenoxy) is 1. The Morgan fingerprint density at radius 2 is 2.32 bits per heavy atom. The van der Waals surface area contributed by atoms with E-state index in [2.05, 4.69) is 10.2 Å². The number of carboxylic acids is 1. The molecule has 1 fully saturated rings. The van der Waals surface area contributed by atoms with E-state index in [0.717, 1.165) is 0 Å². The first-order chi connectivity index (χ1) is 9.09. The third kappa shape index (κ3) is 1.85. The number of aliphatic carboxylic acids is 1. The molecule has 19 heavy (non-hydrogen) atoms. The van der Waals surface area contributed by atoms with Crippen molar-refractivity contribution in [2.75, 3.05) is 24.7 Å². The van der Waals surface area contributed by atoms with Gasteiger partial charge in [-0.2, -0.15) is 0 Å². The maximum atomic E-state index is 12.2. The lowest BCUT2D eigenvalue weighted by molar-refractivity contribution is -0.141. The predicted molar refractivity (Wildman–Crippen MR) is 64.5 cm³/mol. The van der Waals surface area contributed by atoms with Crippen molar-refractivity contribution in [2.24, 2.45) is 5.92 Å². The fraction of sp³-hybridized carbons (Fsp3) is 0.455. The Kier molecular flexibility index (Phi) is 2.87. The van der Waals surface area contributed by atoms with Crippen LogP contribution in [-0.4, -0.2) is 52.9 Å². The number of anilines is 1. The molecule has 1 saturated heterocycles. The second-order valence-corrected chi connectivity index (χ2v) is 4.80. The molecule has 0 bridgehead atoms. The summed E-state index contributed by atoms with van der Waals surface area (Å²) in [6, 6.07) is 1.02. The monoisotopic (exact) mass is 283 g/mol. The van der Waals surface area contributed by atoms with E-state index < -0.39 is 23.7 Å². The molecule has 3 rings (SSSR count). The Bertz CT molecular complexity index is 565. The Labute approximate surface area is 113 Å². The highest BCUT2D eigenvalue weighted by atomic mass is 35.5. The molecule has 1 aromatic heterocycles. The van der Waals surface area contributed by atoms with Crippen LogP contribution >= 0.6 is 11.6 Å². The molecule has 1 N–H and O–H groups in total. The minimum atomic E-state index is -1.18. The molecular formula is C11H10ClN3O4. The molecule has 0 spiro atoms. The molecule has 100 valence electrons. The number of ketones is 1. The molecule has 0 radical (unpaired) electrons. The second-order valence-electron chi connectivity index (χ2n) is 4.42. The number of rotatable bonds is 1. The zero-order valence-corrected chi connectivity index (χ0v) is 10.5. The van der Waals surface area contributed by atoms with Crippen molar-refractivity contribution >= 4 is 29.0 Å².